The molecule has 1 rings (SSSR count). The van der Waals surface area contributed by atoms with Crippen LogP contribution >= 0.6 is 12.2 Å². The third-order valence-corrected chi connectivity index (χ3v) is 2.31. The summed E-state index contributed by atoms with van der Waals surface area (Å²) in [5.41, 5.74) is 6.31. The van der Waals surface area contributed by atoms with E-state index in [0.29, 0.717) is 21.7 Å². The summed E-state index contributed by atoms with van der Waals surface area (Å²) in [6.45, 7) is 0. The van der Waals surface area contributed by atoms with Gasteiger partial charge in [0.1, 0.15) is 0 Å². The Bertz CT molecular complexity index is 552. The van der Waals surface area contributed by atoms with Crippen molar-refractivity contribution >= 4 is 23.2 Å². The lowest BCUT2D eigenvalue weighted by atomic mass is 10.0. The van der Waals surface area contributed by atoms with Crippen LogP contribution in [0.2, 0.25) is 0 Å². The lowest BCUT2D eigenvalue weighted by Crippen LogP contribution is -2.46. The highest BCUT2D eigenvalue weighted by molar-refractivity contribution is 7.80. The molecule has 1 amide bonds. The van der Waals surface area contributed by atoms with Crippen LogP contribution in [-0.4, -0.2) is 16.0 Å². The quantitative estimate of drug-likeness (QED) is 0.331. The Morgan fingerprint density at radius 1 is 1.28 bits per heavy atom. The average molecular weight is 259 g/mol. The number of amides is 1. The van der Waals surface area contributed by atoms with Gasteiger partial charge in [0.25, 0.3) is 0 Å². The summed E-state index contributed by atoms with van der Waals surface area (Å²) in [5.74, 6) is 4.82. The van der Waals surface area contributed by atoms with E-state index in [9.17, 15) is 4.79 Å². The van der Waals surface area contributed by atoms with Crippen molar-refractivity contribution in [1.82, 2.24) is 5.01 Å². The predicted molar refractivity (Wildman–Crippen MR) is 67.4 cm³/mol. The summed E-state index contributed by atoms with van der Waals surface area (Å²) >= 11 is 4.56. The number of nitrogens with zero attached hydrogens (tertiary/aromatic N) is 3. The number of hydrogen-bond donors (Lipinski definition) is 2. The van der Waals surface area contributed by atoms with Crippen LogP contribution in [-0.2, 0) is 11.2 Å². The highest BCUT2D eigenvalue weighted by atomic mass is 32.1. The first-order chi connectivity index (χ1) is 8.47. The summed E-state index contributed by atoms with van der Waals surface area (Å²) in [5, 5.41) is 18.0. The summed E-state index contributed by atoms with van der Waals surface area (Å²) < 4.78 is 0. The van der Waals surface area contributed by atoms with E-state index in [2.05, 4.69) is 12.2 Å². The molecule has 0 bridgehead atoms. The Kier molecular flexibility index (Phi) is 4.33. The average Bonchev–Trinajstić information content (AvgIpc) is 2.36. The van der Waals surface area contributed by atoms with Crippen molar-refractivity contribution in [3.63, 3.8) is 0 Å². The molecule has 0 saturated heterocycles. The van der Waals surface area contributed by atoms with Crippen LogP contribution in [0, 0.1) is 22.7 Å². The Hall–Kier alpha value is -2.48. The van der Waals surface area contributed by atoms with Crippen LogP contribution in [0.4, 0.5) is 0 Å². The Labute approximate surface area is 109 Å². The number of carbonyl (C=O) groups is 1. The number of rotatable bonds is 2. The molecule has 4 N–H and O–H groups in total. The largest absolute Gasteiger partial charge is 0.375 e. The summed E-state index contributed by atoms with van der Waals surface area (Å²) in [4.78, 5) is 11.6. The molecular weight excluding hydrogens is 250 g/mol. The molecule has 0 saturated carbocycles. The molecule has 0 aromatic heterocycles. The summed E-state index contributed by atoms with van der Waals surface area (Å²) in [6, 6.07) is 8.26. The molecule has 0 aliphatic heterocycles. The van der Waals surface area contributed by atoms with Gasteiger partial charge in [0, 0.05) is 0 Å². The van der Waals surface area contributed by atoms with E-state index in [0.717, 1.165) is 0 Å². The van der Waals surface area contributed by atoms with E-state index >= 15 is 0 Å². The van der Waals surface area contributed by atoms with E-state index in [1.807, 2.05) is 12.1 Å². The van der Waals surface area contributed by atoms with Crippen LogP contribution in [0.15, 0.2) is 18.2 Å². The molecule has 0 atom stereocenters. The van der Waals surface area contributed by atoms with E-state index in [-0.39, 0.29) is 11.5 Å². The zero-order chi connectivity index (χ0) is 13.7. The molecule has 0 spiro atoms. The lowest BCUT2D eigenvalue weighted by molar-refractivity contribution is -0.126. The minimum atomic E-state index is -0.513. The first-order valence-corrected chi connectivity index (χ1v) is 5.20. The monoisotopic (exact) mass is 259 g/mol. The van der Waals surface area contributed by atoms with Gasteiger partial charge >= 0.3 is 0 Å². The van der Waals surface area contributed by atoms with Crippen LogP contribution in [0.25, 0.3) is 0 Å². The van der Waals surface area contributed by atoms with Crippen molar-refractivity contribution in [3.05, 3.63) is 34.9 Å². The fourth-order valence-corrected chi connectivity index (χ4v) is 1.41. The number of carbonyl (C=O) groups excluding carboxylic acids is 1. The normalized spacial score (nSPS) is 9.06. The van der Waals surface area contributed by atoms with Crippen molar-refractivity contribution in [3.8, 4) is 12.1 Å². The van der Waals surface area contributed by atoms with Gasteiger partial charge in [0.15, 0.2) is 5.11 Å². The molecule has 0 aliphatic carbocycles. The molecule has 1 aromatic carbocycles. The third kappa shape index (κ3) is 3.25. The van der Waals surface area contributed by atoms with Crippen LogP contribution in [0.3, 0.4) is 0 Å². The first kappa shape index (κ1) is 13.6. The van der Waals surface area contributed by atoms with Gasteiger partial charge < -0.3 is 5.73 Å². The van der Waals surface area contributed by atoms with Gasteiger partial charge in [-0.15, -0.1) is 0 Å². The maximum atomic E-state index is 11.6. The molecule has 90 valence electrons. The summed E-state index contributed by atoms with van der Waals surface area (Å²) in [7, 11) is 0. The van der Waals surface area contributed by atoms with E-state index in [1.54, 1.807) is 0 Å². The van der Waals surface area contributed by atoms with Gasteiger partial charge in [-0.2, -0.15) is 10.5 Å². The number of hydrazine groups is 1. The Balaban J connectivity index is 2.99. The molecule has 0 radical (unpaired) electrons. The van der Waals surface area contributed by atoms with Gasteiger partial charge in [-0.25, -0.2) is 10.9 Å². The fourth-order valence-electron chi connectivity index (χ4n) is 1.31. The molecule has 0 fully saturated rings. The molecule has 18 heavy (non-hydrogen) atoms. The maximum absolute atomic E-state index is 11.6. The SMILES string of the molecule is N#Cc1cc(C#N)cc(CC(=O)N(N)C(N)=S)c1. The standard InChI is InChI=1S/C11H9N5OS/c12-5-8-1-7(2-9(3-8)6-13)4-10(17)16(15)11(14)18/h1-3H,4,15H2,(H2,14,18). The number of benzene rings is 1. The van der Waals surface area contributed by atoms with Gasteiger partial charge in [-0.05, 0) is 36.0 Å². The van der Waals surface area contributed by atoms with Gasteiger partial charge in [-0.1, -0.05) is 0 Å². The van der Waals surface area contributed by atoms with Gasteiger partial charge in [-0.3, -0.25) is 4.79 Å². The van der Waals surface area contributed by atoms with E-state index in [1.165, 1.54) is 18.2 Å². The molecular formula is C11H9N5OS. The summed E-state index contributed by atoms with van der Waals surface area (Å²) in [6.07, 6.45) is -0.0853. The van der Waals surface area contributed by atoms with E-state index in [4.69, 9.17) is 22.1 Å². The molecule has 0 unspecified atom stereocenters. The number of nitrogens with two attached hydrogens (primary N) is 2. The second-order valence-electron chi connectivity index (χ2n) is 3.42. The Morgan fingerprint density at radius 3 is 2.17 bits per heavy atom. The highest BCUT2D eigenvalue weighted by Crippen LogP contribution is 2.10. The molecule has 7 heteroatoms. The topological polar surface area (TPSA) is 120 Å². The van der Waals surface area contributed by atoms with E-state index < -0.39 is 5.91 Å². The minimum Gasteiger partial charge on any atom is -0.375 e. The van der Waals surface area contributed by atoms with Gasteiger partial charge in [0.05, 0.1) is 29.7 Å². The fraction of sp³-hybridized carbons (Fsp3) is 0.0909. The van der Waals surface area contributed by atoms with Crippen molar-refractivity contribution in [2.75, 3.05) is 0 Å². The number of thiocarbonyl (C=S) groups is 1. The zero-order valence-corrected chi connectivity index (χ0v) is 10.1. The molecule has 0 heterocycles. The molecule has 1 aromatic rings. The van der Waals surface area contributed by atoms with Crippen molar-refractivity contribution in [2.45, 2.75) is 6.42 Å². The van der Waals surface area contributed by atoms with Crippen molar-refractivity contribution in [1.29, 1.82) is 10.5 Å². The highest BCUT2D eigenvalue weighted by Gasteiger charge is 2.13. The second-order valence-corrected chi connectivity index (χ2v) is 3.84. The second kappa shape index (κ2) is 5.73. The van der Waals surface area contributed by atoms with Crippen molar-refractivity contribution < 1.29 is 4.79 Å². The number of nitriles is 2. The number of hydrogen-bond acceptors (Lipinski definition) is 5. The van der Waals surface area contributed by atoms with Crippen molar-refractivity contribution in [2.24, 2.45) is 11.6 Å². The molecule has 0 aliphatic rings. The minimum absolute atomic E-state index is 0.0853. The smallest absolute Gasteiger partial charge is 0.247 e. The van der Waals surface area contributed by atoms with Crippen LogP contribution < -0.4 is 11.6 Å². The van der Waals surface area contributed by atoms with Crippen LogP contribution in [0.1, 0.15) is 16.7 Å². The Morgan fingerprint density at radius 2 is 1.78 bits per heavy atom. The van der Waals surface area contributed by atoms with Crippen LogP contribution in [0.5, 0.6) is 0 Å². The van der Waals surface area contributed by atoms with Gasteiger partial charge in [0.2, 0.25) is 5.91 Å². The first-order valence-electron chi connectivity index (χ1n) is 4.79. The third-order valence-electron chi connectivity index (χ3n) is 2.11. The molecule has 6 nitrogen and oxygen atoms in total. The predicted octanol–water partition coefficient (Wildman–Crippen LogP) is -0.0816. The maximum Gasteiger partial charge on any atom is 0.247 e. The zero-order valence-electron chi connectivity index (χ0n) is 9.25. The lowest BCUT2D eigenvalue weighted by Gasteiger charge is -2.13.